The Balaban J connectivity index is 3.36. The fourth-order valence-electron chi connectivity index (χ4n) is 1.51. The van der Waals surface area contributed by atoms with Crippen LogP contribution in [-0.2, 0) is 22.4 Å². The van der Waals surface area contributed by atoms with Gasteiger partial charge in [0.2, 0.25) is 10.0 Å². The summed E-state index contributed by atoms with van der Waals surface area (Å²) in [6, 6.07) is 0.101. The van der Waals surface area contributed by atoms with Crippen LogP contribution in [0.25, 0.3) is 0 Å². The second-order valence-electron chi connectivity index (χ2n) is 5.89. The lowest BCUT2D eigenvalue weighted by Gasteiger charge is -2.22. The van der Waals surface area contributed by atoms with Crippen LogP contribution in [0.15, 0.2) is 23.1 Å². The maximum absolute atomic E-state index is 12.7. The topological polar surface area (TPSA) is 66.4 Å². The summed E-state index contributed by atoms with van der Waals surface area (Å²) < 4.78 is 102. The number of rotatable bonds is 5. The van der Waals surface area contributed by atoms with Gasteiger partial charge in [-0.05, 0) is 18.2 Å². The molecule has 0 heterocycles. The molecule has 0 atom stereocenters. The Morgan fingerprint density at radius 3 is 1.71 bits per heavy atom. The molecule has 0 saturated heterocycles. The van der Waals surface area contributed by atoms with Crippen molar-refractivity contribution in [3.05, 3.63) is 29.3 Å². The summed E-state index contributed by atoms with van der Waals surface area (Å²) in [5.41, 5.74) is -4.39. The molecule has 0 bridgehead atoms. The highest BCUT2D eigenvalue weighted by molar-refractivity contribution is 7.89. The van der Waals surface area contributed by atoms with E-state index in [9.17, 15) is 34.8 Å². The van der Waals surface area contributed by atoms with Gasteiger partial charge in [0.1, 0.15) is 0 Å². The van der Waals surface area contributed by atoms with Crippen LogP contribution in [0.3, 0.4) is 0 Å². The number of alkyl halides is 6. The number of aliphatic hydroxyl groups excluding tert-OH is 1. The van der Waals surface area contributed by atoms with Crippen molar-refractivity contribution < 1.29 is 39.9 Å². The van der Waals surface area contributed by atoms with Crippen molar-refractivity contribution in [2.45, 2.75) is 31.1 Å². The standard InChI is InChI=1S/C13H15F6NO3S/c1-11(2,7-21)6-20-24(22,23)10-4-8(12(14,15)16)3-9(5-10)13(17,18)19/h3-5,20-21H,6-7H2,1-2H3. The van der Waals surface area contributed by atoms with Crippen molar-refractivity contribution in [3.8, 4) is 0 Å². The van der Waals surface area contributed by atoms with Gasteiger partial charge in [0.25, 0.3) is 0 Å². The van der Waals surface area contributed by atoms with Crippen LogP contribution < -0.4 is 4.72 Å². The van der Waals surface area contributed by atoms with Gasteiger partial charge in [-0.15, -0.1) is 0 Å². The van der Waals surface area contributed by atoms with Gasteiger partial charge in [0, 0.05) is 18.6 Å². The summed E-state index contributed by atoms with van der Waals surface area (Å²) in [5, 5.41) is 9.03. The van der Waals surface area contributed by atoms with E-state index < -0.39 is 50.4 Å². The van der Waals surface area contributed by atoms with Gasteiger partial charge in [-0.2, -0.15) is 26.3 Å². The fourth-order valence-corrected chi connectivity index (χ4v) is 2.82. The van der Waals surface area contributed by atoms with Crippen molar-refractivity contribution in [1.29, 1.82) is 0 Å². The molecule has 0 radical (unpaired) electrons. The Bertz CT molecular complexity index is 662. The molecule has 0 aromatic heterocycles. The maximum Gasteiger partial charge on any atom is 0.416 e. The first-order valence-electron chi connectivity index (χ1n) is 6.48. The number of hydrogen-bond donors (Lipinski definition) is 2. The van der Waals surface area contributed by atoms with Crippen LogP contribution >= 0.6 is 0 Å². The van der Waals surface area contributed by atoms with Crippen LogP contribution in [0, 0.1) is 5.41 Å². The third-order valence-electron chi connectivity index (χ3n) is 3.04. The minimum Gasteiger partial charge on any atom is -0.396 e. The Labute approximate surface area is 134 Å². The van der Waals surface area contributed by atoms with Crippen LogP contribution in [0.2, 0.25) is 0 Å². The highest BCUT2D eigenvalue weighted by atomic mass is 32.2. The Morgan fingerprint density at radius 2 is 1.38 bits per heavy atom. The molecule has 0 aliphatic rings. The minimum absolute atomic E-state index is 0.128. The number of hydrogen-bond acceptors (Lipinski definition) is 3. The molecule has 1 rings (SSSR count). The van der Waals surface area contributed by atoms with Gasteiger partial charge >= 0.3 is 12.4 Å². The van der Waals surface area contributed by atoms with E-state index in [2.05, 4.69) is 0 Å². The van der Waals surface area contributed by atoms with E-state index in [1.807, 2.05) is 4.72 Å². The Kier molecular flexibility index (Phi) is 5.63. The quantitative estimate of drug-likeness (QED) is 0.773. The summed E-state index contributed by atoms with van der Waals surface area (Å²) in [6.45, 7) is 2.11. The largest absolute Gasteiger partial charge is 0.416 e. The van der Waals surface area contributed by atoms with Crippen molar-refractivity contribution in [1.82, 2.24) is 4.72 Å². The average Bonchev–Trinajstić information content (AvgIpc) is 2.43. The van der Waals surface area contributed by atoms with E-state index in [1.54, 1.807) is 0 Å². The average molecular weight is 379 g/mol. The molecule has 0 aliphatic heterocycles. The van der Waals surface area contributed by atoms with E-state index >= 15 is 0 Å². The minimum atomic E-state index is -5.14. The molecule has 11 heteroatoms. The van der Waals surface area contributed by atoms with Gasteiger partial charge in [-0.3, -0.25) is 0 Å². The smallest absolute Gasteiger partial charge is 0.396 e. The van der Waals surface area contributed by atoms with E-state index in [1.165, 1.54) is 13.8 Å². The first kappa shape index (κ1) is 20.7. The van der Waals surface area contributed by atoms with E-state index in [0.717, 1.165) is 0 Å². The molecular weight excluding hydrogens is 364 g/mol. The lowest BCUT2D eigenvalue weighted by atomic mass is 9.96. The zero-order valence-corrected chi connectivity index (χ0v) is 13.4. The second-order valence-corrected chi connectivity index (χ2v) is 7.66. The molecule has 1 aromatic rings. The monoisotopic (exact) mass is 379 g/mol. The van der Waals surface area contributed by atoms with Crippen molar-refractivity contribution >= 4 is 10.0 Å². The summed E-state index contributed by atoms with van der Waals surface area (Å²) in [7, 11) is -4.63. The first-order valence-corrected chi connectivity index (χ1v) is 7.97. The first-order chi connectivity index (χ1) is 10.6. The van der Waals surface area contributed by atoms with Crippen LogP contribution in [0.5, 0.6) is 0 Å². The third-order valence-corrected chi connectivity index (χ3v) is 4.42. The normalized spacial score (nSPS) is 14.0. The van der Waals surface area contributed by atoms with Gasteiger partial charge in [0.15, 0.2) is 0 Å². The molecular formula is C13H15F6NO3S. The lowest BCUT2D eigenvalue weighted by Crippen LogP contribution is -2.36. The number of sulfonamides is 1. The van der Waals surface area contributed by atoms with Gasteiger partial charge < -0.3 is 5.11 Å². The van der Waals surface area contributed by atoms with Crippen molar-refractivity contribution in [2.24, 2.45) is 5.41 Å². The molecule has 0 unspecified atom stereocenters. The number of aliphatic hydroxyl groups is 1. The van der Waals surface area contributed by atoms with Crippen LogP contribution in [0.1, 0.15) is 25.0 Å². The zero-order valence-electron chi connectivity index (χ0n) is 12.6. The maximum atomic E-state index is 12.7. The predicted octanol–water partition coefficient (Wildman–Crippen LogP) is 3.02. The molecule has 2 N–H and O–H groups in total. The van der Waals surface area contributed by atoms with E-state index in [0.29, 0.717) is 0 Å². The summed E-state index contributed by atoms with van der Waals surface area (Å²) in [5.74, 6) is 0. The van der Waals surface area contributed by atoms with Crippen molar-refractivity contribution in [3.63, 3.8) is 0 Å². The van der Waals surface area contributed by atoms with Gasteiger partial charge in [0.05, 0.1) is 16.0 Å². The highest BCUT2D eigenvalue weighted by Gasteiger charge is 2.38. The predicted molar refractivity (Wildman–Crippen MR) is 72.5 cm³/mol. The summed E-state index contributed by atoms with van der Waals surface area (Å²) in [4.78, 5) is -1.15. The summed E-state index contributed by atoms with van der Waals surface area (Å²) >= 11 is 0. The molecule has 0 saturated carbocycles. The van der Waals surface area contributed by atoms with Gasteiger partial charge in [-0.1, -0.05) is 13.8 Å². The molecule has 0 amide bonds. The SMILES string of the molecule is CC(C)(CO)CNS(=O)(=O)c1cc(C(F)(F)F)cc(C(F)(F)F)c1. The molecule has 0 spiro atoms. The van der Waals surface area contributed by atoms with Gasteiger partial charge in [-0.25, -0.2) is 13.1 Å². The second kappa shape index (κ2) is 6.52. The molecule has 1 aromatic carbocycles. The number of benzene rings is 1. The Hall–Kier alpha value is -1.33. The molecule has 24 heavy (non-hydrogen) atoms. The number of nitrogens with one attached hydrogen (secondary N) is 1. The van der Waals surface area contributed by atoms with Crippen LogP contribution in [-0.4, -0.2) is 26.7 Å². The zero-order chi connectivity index (χ0) is 19.0. The molecule has 138 valence electrons. The Morgan fingerprint density at radius 1 is 0.958 bits per heavy atom. The van der Waals surface area contributed by atoms with E-state index in [-0.39, 0.29) is 24.7 Å². The highest BCUT2D eigenvalue weighted by Crippen LogP contribution is 2.37. The molecule has 0 fully saturated rings. The molecule has 0 aliphatic carbocycles. The summed E-state index contributed by atoms with van der Waals surface area (Å²) in [6.07, 6.45) is -10.3. The number of halogens is 6. The van der Waals surface area contributed by atoms with Crippen LogP contribution in [0.4, 0.5) is 26.3 Å². The van der Waals surface area contributed by atoms with E-state index in [4.69, 9.17) is 5.11 Å². The fraction of sp³-hybridized carbons (Fsp3) is 0.538. The molecule has 4 nitrogen and oxygen atoms in total. The van der Waals surface area contributed by atoms with Crippen molar-refractivity contribution in [2.75, 3.05) is 13.2 Å². The third kappa shape index (κ3) is 5.35. The lowest BCUT2D eigenvalue weighted by molar-refractivity contribution is -0.143.